The lowest BCUT2D eigenvalue weighted by atomic mass is 10.1. The summed E-state index contributed by atoms with van der Waals surface area (Å²) in [4.78, 5) is 10.9. The highest BCUT2D eigenvalue weighted by molar-refractivity contribution is 5.68. The van der Waals surface area contributed by atoms with Gasteiger partial charge in [0.15, 0.2) is 0 Å². The monoisotopic (exact) mass is 320 g/mol. The number of hydrogen-bond donors (Lipinski definition) is 0. The highest BCUT2D eigenvalue weighted by Crippen LogP contribution is 2.07. The molecule has 0 aromatic heterocycles. The summed E-state index contributed by atoms with van der Waals surface area (Å²) in [6.07, 6.45) is 27.1. The number of carbonyl (C=O) groups excluding carboxylic acids is 1. The highest BCUT2D eigenvalue weighted by atomic mass is 16.5. The number of methoxy groups -OCH3 is 1. The number of allylic oxidation sites excluding steroid dienone is 6. The summed E-state index contributed by atoms with van der Waals surface area (Å²) in [7, 11) is 1.44. The van der Waals surface area contributed by atoms with Gasteiger partial charge in [-0.15, -0.1) is 0 Å². The zero-order valence-electron chi connectivity index (χ0n) is 15.3. The van der Waals surface area contributed by atoms with Crippen molar-refractivity contribution in [1.82, 2.24) is 0 Å². The maximum Gasteiger partial charge on any atom is 0.305 e. The van der Waals surface area contributed by atoms with Gasteiger partial charge < -0.3 is 4.74 Å². The summed E-state index contributed by atoms with van der Waals surface area (Å²) in [5.41, 5.74) is 0. The van der Waals surface area contributed by atoms with Crippen molar-refractivity contribution in [2.24, 2.45) is 0 Å². The molecule has 0 amide bonds. The number of unbranched alkanes of at least 4 members (excludes halogenated alkanes) is 7. The minimum absolute atomic E-state index is 0.119. The van der Waals surface area contributed by atoms with E-state index in [1.54, 1.807) is 0 Å². The third kappa shape index (κ3) is 18.6. The second kappa shape index (κ2) is 18.7. The molecule has 0 fully saturated rings. The van der Waals surface area contributed by atoms with Crippen molar-refractivity contribution in [1.29, 1.82) is 0 Å². The molecule has 23 heavy (non-hydrogen) atoms. The number of esters is 1. The van der Waals surface area contributed by atoms with Crippen molar-refractivity contribution < 1.29 is 9.53 Å². The van der Waals surface area contributed by atoms with Crippen LogP contribution >= 0.6 is 0 Å². The van der Waals surface area contributed by atoms with Gasteiger partial charge in [0.25, 0.3) is 0 Å². The second-order valence-corrected chi connectivity index (χ2v) is 5.91. The molecule has 0 aliphatic heterocycles. The Morgan fingerprint density at radius 1 is 0.739 bits per heavy atom. The van der Waals surface area contributed by atoms with Crippen LogP contribution in [0.15, 0.2) is 36.5 Å². The van der Waals surface area contributed by atoms with E-state index in [-0.39, 0.29) is 5.97 Å². The summed E-state index contributed by atoms with van der Waals surface area (Å²) in [6.45, 7) is 2.26. The van der Waals surface area contributed by atoms with Gasteiger partial charge in [0, 0.05) is 6.42 Å². The molecule has 2 nitrogen and oxygen atoms in total. The molecule has 2 heteroatoms. The predicted molar refractivity (Wildman–Crippen MR) is 101 cm³/mol. The maximum absolute atomic E-state index is 10.9. The topological polar surface area (TPSA) is 26.3 Å². The molecule has 0 heterocycles. The quantitative estimate of drug-likeness (QED) is 0.195. The fraction of sp³-hybridized carbons (Fsp3) is 0.667. The Kier molecular flexibility index (Phi) is 17.7. The number of rotatable bonds is 15. The molecule has 0 aromatic rings. The average molecular weight is 321 g/mol. The highest BCUT2D eigenvalue weighted by Gasteiger charge is 1.96. The molecule has 0 saturated heterocycles. The predicted octanol–water partition coefficient (Wildman–Crippen LogP) is 6.53. The van der Waals surface area contributed by atoms with Crippen molar-refractivity contribution in [3.05, 3.63) is 36.5 Å². The molecule has 0 N–H and O–H groups in total. The molecule has 0 unspecified atom stereocenters. The molecule has 0 aliphatic carbocycles. The van der Waals surface area contributed by atoms with Crippen LogP contribution in [0.2, 0.25) is 0 Å². The zero-order valence-corrected chi connectivity index (χ0v) is 15.3. The number of carbonyl (C=O) groups is 1. The Hall–Kier alpha value is -1.31. The van der Waals surface area contributed by atoms with Crippen LogP contribution in [0, 0.1) is 0 Å². The van der Waals surface area contributed by atoms with Gasteiger partial charge in [0.2, 0.25) is 0 Å². The first-order valence-corrected chi connectivity index (χ1v) is 9.33. The molecule has 0 atom stereocenters. The summed E-state index contributed by atoms with van der Waals surface area (Å²) < 4.78 is 4.60. The van der Waals surface area contributed by atoms with Gasteiger partial charge in [-0.2, -0.15) is 0 Å². The van der Waals surface area contributed by atoms with E-state index in [1.165, 1.54) is 52.1 Å². The van der Waals surface area contributed by atoms with E-state index in [4.69, 9.17) is 0 Å². The van der Waals surface area contributed by atoms with Crippen molar-refractivity contribution in [2.45, 2.75) is 84.0 Å². The molecule has 0 spiro atoms. The van der Waals surface area contributed by atoms with Crippen molar-refractivity contribution in [3.63, 3.8) is 0 Å². The van der Waals surface area contributed by atoms with Crippen LogP contribution in [0.5, 0.6) is 0 Å². The lowest BCUT2D eigenvalue weighted by Crippen LogP contribution is -1.98. The molecule has 0 rings (SSSR count). The standard InChI is InChI=1S/C21H36O2/c1-3-4-5-6-7-8-9-10-11-12-13-14-15-16-17-18-19-20-21(22)23-2/h10-11,13-14,16-17H,3-9,12,15,18-20H2,1-2H3/b11-10-,14-13-,17-16-. The first kappa shape index (κ1) is 21.7. The fourth-order valence-corrected chi connectivity index (χ4v) is 2.29. The fourth-order valence-electron chi connectivity index (χ4n) is 2.29. The lowest BCUT2D eigenvalue weighted by molar-refractivity contribution is -0.140. The summed E-state index contributed by atoms with van der Waals surface area (Å²) in [6, 6.07) is 0. The molecule has 0 aliphatic rings. The van der Waals surface area contributed by atoms with Gasteiger partial charge in [-0.3, -0.25) is 4.79 Å². The summed E-state index contributed by atoms with van der Waals surface area (Å²) in [5, 5.41) is 0. The normalized spacial score (nSPS) is 11.9. The molecule has 0 bridgehead atoms. The Morgan fingerprint density at radius 2 is 1.26 bits per heavy atom. The third-order valence-electron chi connectivity index (χ3n) is 3.75. The summed E-state index contributed by atoms with van der Waals surface area (Å²) >= 11 is 0. The number of ether oxygens (including phenoxy) is 1. The van der Waals surface area contributed by atoms with E-state index in [1.807, 2.05) is 0 Å². The molecular formula is C21H36O2. The van der Waals surface area contributed by atoms with Crippen LogP contribution in [0.3, 0.4) is 0 Å². The Morgan fingerprint density at radius 3 is 1.87 bits per heavy atom. The Bertz CT molecular complexity index is 340. The largest absolute Gasteiger partial charge is 0.469 e. The maximum atomic E-state index is 10.9. The van der Waals surface area contributed by atoms with Gasteiger partial charge in [0.05, 0.1) is 7.11 Å². The van der Waals surface area contributed by atoms with Crippen molar-refractivity contribution in [3.8, 4) is 0 Å². The van der Waals surface area contributed by atoms with Gasteiger partial charge in [-0.25, -0.2) is 0 Å². The van der Waals surface area contributed by atoms with Gasteiger partial charge in [0.1, 0.15) is 0 Å². The van der Waals surface area contributed by atoms with Crippen LogP contribution in [0.1, 0.15) is 84.0 Å². The van der Waals surface area contributed by atoms with Crippen LogP contribution in [-0.4, -0.2) is 13.1 Å². The average Bonchev–Trinajstić information content (AvgIpc) is 2.57. The minimum atomic E-state index is -0.119. The van der Waals surface area contributed by atoms with E-state index >= 15 is 0 Å². The smallest absolute Gasteiger partial charge is 0.305 e. The SMILES string of the molecule is CCCCCCCC/C=C\C/C=C\C/C=C\CCCC(=O)OC. The lowest BCUT2D eigenvalue weighted by Gasteiger charge is -1.97. The molecular weight excluding hydrogens is 284 g/mol. The molecule has 0 aromatic carbocycles. The van der Waals surface area contributed by atoms with Crippen LogP contribution < -0.4 is 0 Å². The van der Waals surface area contributed by atoms with Crippen LogP contribution in [0.4, 0.5) is 0 Å². The molecule has 0 saturated carbocycles. The van der Waals surface area contributed by atoms with Crippen LogP contribution in [0.25, 0.3) is 0 Å². The van der Waals surface area contributed by atoms with Crippen molar-refractivity contribution >= 4 is 5.97 Å². The van der Waals surface area contributed by atoms with E-state index in [2.05, 4.69) is 48.1 Å². The van der Waals surface area contributed by atoms with Crippen molar-refractivity contribution in [2.75, 3.05) is 7.11 Å². The first-order valence-electron chi connectivity index (χ1n) is 9.33. The zero-order chi connectivity index (χ0) is 17.0. The molecule has 0 radical (unpaired) electrons. The third-order valence-corrected chi connectivity index (χ3v) is 3.75. The first-order chi connectivity index (χ1) is 11.3. The van der Waals surface area contributed by atoms with E-state index in [0.29, 0.717) is 6.42 Å². The summed E-state index contributed by atoms with van der Waals surface area (Å²) in [5.74, 6) is -0.119. The van der Waals surface area contributed by atoms with Gasteiger partial charge >= 0.3 is 5.97 Å². The minimum Gasteiger partial charge on any atom is -0.469 e. The van der Waals surface area contributed by atoms with Crippen LogP contribution in [-0.2, 0) is 9.53 Å². The number of hydrogen-bond acceptors (Lipinski definition) is 2. The van der Waals surface area contributed by atoms with Gasteiger partial charge in [-0.1, -0.05) is 75.5 Å². The Balaban J connectivity index is 3.33. The van der Waals surface area contributed by atoms with E-state index < -0.39 is 0 Å². The molecule has 132 valence electrons. The Labute approximate surface area is 143 Å². The second-order valence-electron chi connectivity index (χ2n) is 5.91. The van der Waals surface area contributed by atoms with E-state index in [0.717, 1.165) is 25.7 Å². The van der Waals surface area contributed by atoms with E-state index in [9.17, 15) is 4.79 Å². The van der Waals surface area contributed by atoms with Gasteiger partial charge in [-0.05, 0) is 38.5 Å².